The third-order valence-corrected chi connectivity index (χ3v) is 6.86. The quantitative estimate of drug-likeness (QED) is 0.433. The molecule has 0 unspecified atom stereocenters. The topological polar surface area (TPSA) is 53.5 Å². The molecule has 1 aliphatic rings. The van der Waals surface area contributed by atoms with Crippen molar-refractivity contribution in [3.8, 4) is 21.8 Å². The minimum absolute atomic E-state index is 0.0110. The molecule has 0 radical (unpaired) electrons. The second-order valence-electron chi connectivity index (χ2n) is 7.88. The fourth-order valence-corrected chi connectivity index (χ4v) is 5.04. The first-order valence-electron chi connectivity index (χ1n) is 11.0. The second kappa shape index (κ2) is 9.38. The molecule has 0 N–H and O–H groups in total. The summed E-state index contributed by atoms with van der Waals surface area (Å²) in [6, 6.07) is 29.1. The molecule has 5 nitrogen and oxygen atoms in total. The highest BCUT2D eigenvalue weighted by molar-refractivity contribution is 7.17. The monoisotopic (exact) mass is 453 g/mol. The zero-order valence-electron chi connectivity index (χ0n) is 18.1. The maximum Gasteiger partial charge on any atom is 0.266 e. The Morgan fingerprint density at radius 3 is 1.70 bits per heavy atom. The van der Waals surface area contributed by atoms with Crippen LogP contribution in [0.15, 0.2) is 91.0 Å². The van der Waals surface area contributed by atoms with Crippen molar-refractivity contribution in [1.29, 1.82) is 0 Å². The van der Waals surface area contributed by atoms with E-state index >= 15 is 0 Å². The zero-order chi connectivity index (χ0) is 22.6. The SMILES string of the molecule is O=C(c1ccccc1)N1CCN(C(=O)c2sc(-c3ccccc3)nc2-c2ccccc2)CC1. The minimum atomic E-state index is -0.0275. The number of carbonyl (C=O) groups is 2. The number of thiazole rings is 1. The van der Waals surface area contributed by atoms with Crippen LogP contribution < -0.4 is 0 Å². The van der Waals surface area contributed by atoms with Crippen LogP contribution in [0.4, 0.5) is 0 Å². The summed E-state index contributed by atoms with van der Waals surface area (Å²) in [6.07, 6.45) is 0. The van der Waals surface area contributed by atoms with Crippen molar-refractivity contribution in [1.82, 2.24) is 14.8 Å². The molecule has 0 atom stereocenters. The molecule has 0 spiro atoms. The molecule has 1 aliphatic heterocycles. The van der Waals surface area contributed by atoms with Crippen molar-refractivity contribution in [2.24, 2.45) is 0 Å². The maximum absolute atomic E-state index is 13.6. The van der Waals surface area contributed by atoms with E-state index in [1.165, 1.54) is 11.3 Å². The van der Waals surface area contributed by atoms with Crippen LogP contribution in [-0.2, 0) is 0 Å². The summed E-state index contributed by atoms with van der Waals surface area (Å²) in [7, 11) is 0. The minimum Gasteiger partial charge on any atom is -0.335 e. The number of carbonyl (C=O) groups excluding carboxylic acids is 2. The third-order valence-electron chi connectivity index (χ3n) is 5.76. The summed E-state index contributed by atoms with van der Waals surface area (Å²) in [6.45, 7) is 2.05. The lowest BCUT2D eigenvalue weighted by molar-refractivity contribution is 0.0538. The predicted molar refractivity (Wildman–Crippen MR) is 131 cm³/mol. The molecule has 0 aliphatic carbocycles. The molecule has 1 saturated heterocycles. The van der Waals surface area contributed by atoms with Gasteiger partial charge in [0.05, 0.1) is 5.69 Å². The standard InChI is InChI=1S/C27H23N3O2S/c31-26(22-14-8-3-9-15-22)29-16-18-30(19-17-29)27(32)24-23(20-10-4-1-5-11-20)28-25(33-24)21-12-6-2-7-13-21/h1-15H,16-19H2. The molecule has 4 aromatic rings. The molecule has 2 heterocycles. The Balaban J connectivity index is 1.38. The van der Waals surface area contributed by atoms with Gasteiger partial charge in [-0.15, -0.1) is 11.3 Å². The van der Waals surface area contributed by atoms with E-state index in [1.807, 2.05) is 101 Å². The van der Waals surface area contributed by atoms with Crippen LogP contribution in [0.25, 0.3) is 21.8 Å². The molecule has 1 fully saturated rings. The molecular weight excluding hydrogens is 430 g/mol. The second-order valence-corrected chi connectivity index (χ2v) is 8.88. The van der Waals surface area contributed by atoms with Gasteiger partial charge in [0.25, 0.3) is 11.8 Å². The molecule has 6 heteroatoms. The van der Waals surface area contributed by atoms with E-state index in [-0.39, 0.29) is 11.8 Å². The van der Waals surface area contributed by atoms with Crippen LogP contribution in [0.5, 0.6) is 0 Å². The van der Waals surface area contributed by atoms with Crippen molar-refractivity contribution in [3.05, 3.63) is 101 Å². The number of nitrogens with zero attached hydrogens (tertiary/aromatic N) is 3. The highest BCUT2D eigenvalue weighted by Crippen LogP contribution is 2.34. The molecule has 0 saturated carbocycles. The van der Waals surface area contributed by atoms with Crippen molar-refractivity contribution < 1.29 is 9.59 Å². The van der Waals surface area contributed by atoms with Gasteiger partial charge in [0.2, 0.25) is 0 Å². The lowest BCUT2D eigenvalue weighted by atomic mass is 10.1. The number of aromatic nitrogens is 1. The van der Waals surface area contributed by atoms with E-state index < -0.39 is 0 Å². The van der Waals surface area contributed by atoms with Crippen LogP contribution in [-0.4, -0.2) is 52.8 Å². The number of rotatable bonds is 4. The Labute approximate surface area is 196 Å². The van der Waals surface area contributed by atoms with Gasteiger partial charge in [0.15, 0.2) is 0 Å². The Morgan fingerprint density at radius 1 is 0.636 bits per heavy atom. The van der Waals surface area contributed by atoms with Gasteiger partial charge in [-0.2, -0.15) is 0 Å². The largest absolute Gasteiger partial charge is 0.335 e. The molecule has 0 bridgehead atoms. The van der Waals surface area contributed by atoms with Gasteiger partial charge in [0, 0.05) is 42.9 Å². The summed E-state index contributed by atoms with van der Waals surface area (Å²) < 4.78 is 0. The van der Waals surface area contributed by atoms with Crippen LogP contribution in [0.3, 0.4) is 0 Å². The molecule has 2 amide bonds. The number of benzene rings is 3. The summed E-state index contributed by atoms with van der Waals surface area (Å²) in [5.74, 6) is -0.0165. The van der Waals surface area contributed by atoms with Crippen LogP contribution in [0.2, 0.25) is 0 Å². The van der Waals surface area contributed by atoms with Gasteiger partial charge in [-0.1, -0.05) is 78.9 Å². The van der Waals surface area contributed by atoms with Gasteiger partial charge in [0.1, 0.15) is 9.88 Å². The molecule has 5 rings (SSSR count). The first kappa shape index (κ1) is 21.1. The fourth-order valence-electron chi connectivity index (χ4n) is 3.98. The van der Waals surface area contributed by atoms with Gasteiger partial charge in [-0.25, -0.2) is 4.98 Å². The predicted octanol–water partition coefficient (Wildman–Crippen LogP) is 5.08. The first-order valence-corrected chi connectivity index (χ1v) is 11.8. The number of amides is 2. The van der Waals surface area contributed by atoms with E-state index in [2.05, 4.69) is 0 Å². The van der Waals surface area contributed by atoms with Gasteiger partial charge in [-0.3, -0.25) is 9.59 Å². The highest BCUT2D eigenvalue weighted by Gasteiger charge is 2.29. The average molecular weight is 454 g/mol. The normalized spacial score (nSPS) is 13.7. The fraction of sp³-hybridized carbons (Fsp3) is 0.148. The van der Waals surface area contributed by atoms with Crippen LogP contribution >= 0.6 is 11.3 Å². The van der Waals surface area contributed by atoms with Crippen LogP contribution in [0.1, 0.15) is 20.0 Å². The summed E-state index contributed by atoms with van der Waals surface area (Å²) in [5, 5.41) is 0.829. The lowest BCUT2D eigenvalue weighted by Gasteiger charge is -2.34. The van der Waals surface area contributed by atoms with Crippen molar-refractivity contribution >= 4 is 23.2 Å². The summed E-state index contributed by atoms with van der Waals surface area (Å²) in [5.41, 5.74) is 3.32. The third kappa shape index (κ3) is 4.43. The van der Waals surface area contributed by atoms with Crippen LogP contribution in [0, 0.1) is 0 Å². The lowest BCUT2D eigenvalue weighted by Crippen LogP contribution is -2.50. The molecular formula is C27H23N3O2S. The molecule has 1 aromatic heterocycles. The zero-order valence-corrected chi connectivity index (χ0v) is 18.9. The van der Waals surface area contributed by atoms with E-state index in [0.717, 1.165) is 16.1 Å². The summed E-state index contributed by atoms with van der Waals surface area (Å²) >= 11 is 1.43. The Kier molecular flexibility index (Phi) is 6.00. The van der Waals surface area contributed by atoms with E-state index in [1.54, 1.807) is 0 Å². The van der Waals surface area contributed by atoms with E-state index in [0.29, 0.717) is 42.3 Å². The number of piperazine rings is 1. The first-order chi connectivity index (χ1) is 16.2. The Hall–Kier alpha value is -3.77. The maximum atomic E-state index is 13.6. The van der Waals surface area contributed by atoms with Crippen molar-refractivity contribution in [2.75, 3.05) is 26.2 Å². The van der Waals surface area contributed by atoms with Gasteiger partial charge < -0.3 is 9.80 Å². The van der Waals surface area contributed by atoms with E-state index in [4.69, 9.17) is 4.98 Å². The van der Waals surface area contributed by atoms with Gasteiger partial charge in [-0.05, 0) is 12.1 Å². The molecule has 33 heavy (non-hydrogen) atoms. The van der Waals surface area contributed by atoms with Gasteiger partial charge >= 0.3 is 0 Å². The molecule has 3 aromatic carbocycles. The summed E-state index contributed by atoms with van der Waals surface area (Å²) in [4.78, 5) is 35.5. The highest BCUT2D eigenvalue weighted by atomic mass is 32.1. The van der Waals surface area contributed by atoms with E-state index in [9.17, 15) is 9.59 Å². The van der Waals surface area contributed by atoms with Crippen molar-refractivity contribution in [2.45, 2.75) is 0 Å². The number of hydrogen-bond acceptors (Lipinski definition) is 4. The Morgan fingerprint density at radius 2 is 1.12 bits per heavy atom. The Bertz CT molecular complexity index is 1250. The molecule has 164 valence electrons. The average Bonchev–Trinajstić information content (AvgIpc) is 3.35. The number of hydrogen-bond donors (Lipinski definition) is 0. The smallest absolute Gasteiger partial charge is 0.266 e. The van der Waals surface area contributed by atoms with Crippen molar-refractivity contribution in [3.63, 3.8) is 0 Å².